The summed E-state index contributed by atoms with van der Waals surface area (Å²) in [5, 5.41) is -0.00950. The fourth-order valence-corrected chi connectivity index (χ4v) is 9.73. The van der Waals surface area contributed by atoms with Gasteiger partial charge in [-0.25, -0.2) is 23.2 Å². The predicted molar refractivity (Wildman–Crippen MR) is 189 cm³/mol. The maximum atomic E-state index is 13.6. The molecule has 3 aliphatic rings. The van der Waals surface area contributed by atoms with Crippen LogP contribution in [0.1, 0.15) is 73.4 Å². The molecule has 0 bridgehead atoms. The zero-order valence-electron chi connectivity index (χ0n) is 28.1. The molecular formula is C38H44ClN3O6S. The van der Waals surface area contributed by atoms with Crippen molar-refractivity contribution >= 4 is 38.9 Å². The number of esters is 1. The third-order valence-electron chi connectivity index (χ3n) is 10.6. The first-order valence-corrected chi connectivity index (χ1v) is 19.2. The minimum atomic E-state index is -3.67. The molecule has 0 N–H and O–H groups in total. The summed E-state index contributed by atoms with van der Waals surface area (Å²) >= 11 is 6.33. The molecule has 0 radical (unpaired) electrons. The SMILES string of the molecule is COC(=O)c1ccc2c(c1)N(C[C@@H]1CC[C@@H]1C(=O)/C=C\[C@H]1CCC[C@H](S(=O)(=O)c3ncccn3)[C@@H]1C)CCCCc1cc(Cl)ccc1CO2. The van der Waals surface area contributed by atoms with Crippen LogP contribution in [0, 0.1) is 23.7 Å². The number of methoxy groups -OCH3 is 1. The van der Waals surface area contributed by atoms with E-state index in [-0.39, 0.29) is 34.6 Å². The lowest BCUT2D eigenvalue weighted by molar-refractivity contribution is -0.122. The van der Waals surface area contributed by atoms with Gasteiger partial charge in [0.2, 0.25) is 15.0 Å². The van der Waals surface area contributed by atoms with Gasteiger partial charge in [0.05, 0.1) is 23.6 Å². The molecule has 0 spiro atoms. The minimum absolute atomic E-state index is 0.0227. The smallest absolute Gasteiger partial charge is 0.337 e. The number of carbonyl (C=O) groups is 2. The van der Waals surface area contributed by atoms with Crippen LogP contribution in [0.25, 0.3) is 0 Å². The molecule has 3 aromatic rings. The number of ether oxygens (including phenoxy) is 2. The van der Waals surface area contributed by atoms with Crippen molar-refractivity contribution < 1.29 is 27.5 Å². The second-order valence-corrected chi connectivity index (χ2v) is 16.1. The van der Waals surface area contributed by atoms with Crippen LogP contribution in [-0.4, -0.2) is 55.6 Å². The van der Waals surface area contributed by atoms with Gasteiger partial charge in [0, 0.05) is 36.4 Å². The number of nitrogens with zero attached hydrogens (tertiary/aromatic N) is 3. The van der Waals surface area contributed by atoms with E-state index in [0.29, 0.717) is 35.9 Å². The number of hydrogen-bond acceptors (Lipinski definition) is 9. The maximum Gasteiger partial charge on any atom is 0.337 e. The molecule has 0 unspecified atom stereocenters. The van der Waals surface area contributed by atoms with Crippen LogP contribution in [0.15, 0.2) is 72.2 Å². The molecule has 260 valence electrons. The molecule has 9 nitrogen and oxygen atoms in total. The van der Waals surface area contributed by atoms with Crippen LogP contribution >= 0.6 is 11.6 Å². The van der Waals surface area contributed by atoms with E-state index in [9.17, 15) is 18.0 Å². The van der Waals surface area contributed by atoms with Gasteiger partial charge < -0.3 is 14.4 Å². The second-order valence-electron chi connectivity index (χ2n) is 13.6. The zero-order valence-corrected chi connectivity index (χ0v) is 29.7. The van der Waals surface area contributed by atoms with Crippen molar-refractivity contribution in [1.29, 1.82) is 0 Å². The van der Waals surface area contributed by atoms with Gasteiger partial charge >= 0.3 is 5.97 Å². The van der Waals surface area contributed by atoms with Gasteiger partial charge in [0.1, 0.15) is 12.4 Å². The predicted octanol–water partition coefficient (Wildman–Crippen LogP) is 7.07. The van der Waals surface area contributed by atoms with E-state index in [4.69, 9.17) is 21.1 Å². The summed E-state index contributed by atoms with van der Waals surface area (Å²) in [6, 6.07) is 12.9. The van der Waals surface area contributed by atoms with Gasteiger partial charge in [0.25, 0.3) is 0 Å². The summed E-state index contributed by atoms with van der Waals surface area (Å²) in [6.45, 7) is 3.73. The number of aromatic nitrogens is 2. The Kier molecular flexibility index (Phi) is 11.0. The highest BCUT2D eigenvalue weighted by Gasteiger charge is 2.41. The lowest BCUT2D eigenvalue weighted by Crippen LogP contribution is -2.42. The Morgan fingerprint density at radius 3 is 2.59 bits per heavy atom. The van der Waals surface area contributed by atoms with Gasteiger partial charge in [-0.05, 0) is 116 Å². The number of fused-ring (bicyclic) bond motifs is 2. The Balaban J connectivity index is 1.17. The van der Waals surface area contributed by atoms with E-state index in [1.54, 1.807) is 18.2 Å². The van der Waals surface area contributed by atoms with E-state index >= 15 is 0 Å². The molecule has 0 saturated heterocycles. The topological polar surface area (TPSA) is 116 Å². The van der Waals surface area contributed by atoms with Gasteiger partial charge in [-0.3, -0.25) is 4.79 Å². The first kappa shape index (κ1) is 35.1. The summed E-state index contributed by atoms with van der Waals surface area (Å²) < 4.78 is 38.1. The van der Waals surface area contributed by atoms with Gasteiger partial charge in [0.15, 0.2) is 5.78 Å². The number of sulfone groups is 1. The highest BCUT2D eigenvalue weighted by Crippen LogP contribution is 2.41. The van der Waals surface area contributed by atoms with Crippen molar-refractivity contribution in [3.63, 3.8) is 0 Å². The lowest BCUT2D eigenvalue weighted by atomic mass is 9.70. The Bertz CT molecular complexity index is 1800. The van der Waals surface area contributed by atoms with Crippen LogP contribution < -0.4 is 9.64 Å². The van der Waals surface area contributed by atoms with Crippen molar-refractivity contribution in [2.24, 2.45) is 23.7 Å². The third kappa shape index (κ3) is 7.86. The molecule has 2 fully saturated rings. The highest BCUT2D eigenvalue weighted by atomic mass is 35.5. The molecule has 6 rings (SSSR count). The highest BCUT2D eigenvalue weighted by molar-refractivity contribution is 7.91. The number of rotatable bonds is 8. The summed E-state index contributed by atoms with van der Waals surface area (Å²) in [6.07, 6.45) is 13.2. The fraction of sp³-hybridized carbons (Fsp3) is 0.474. The Morgan fingerprint density at radius 1 is 1.02 bits per heavy atom. The molecule has 2 saturated carbocycles. The molecule has 49 heavy (non-hydrogen) atoms. The first-order valence-electron chi connectivity index (χ1n) is 17.3. The minimum Gasteiger partial charge on any atom is -0.487 e. The third-order valence-corrected chi connectivity index (χ3v) is 13.0. The first-order chi connectivity index (χ1) is 23.7. The quantitative estimate of drug-likeness (QED) is 0.138. The number of benzene rings is 2. The molecule has 2 aromatic carbocycles. The molecule has 2 aliphatic carbocycles. The van der Waals surface area contributed by atoms with E-state index in [1.165, 1.54) is 25.1 Å². The van der Waals surface area contributed by atoms with E-state index in [1.807, 2.05) is 43.3 Å². The van der Waals surface area contributed by atoms with Gasteiger partial charge in [-0.15, -0.1) is 0 Å². The largest absolute Gasteiger partial charge is 0.487 e. The normalized spacial score (nSPS) is 24.5. The van der Waals surface area contributed by atoms with Crippen LogP contribution in [-0.2, 0) is 32.4 Å². The molecule has 2 heterocycles. The number of carbonyl (C=O) groups excluding carboxylic acids is 2. The van der Waals surface area contributed by atoms with Crippen LogP contribution in [0.2, 0.25) is 5.02 Å². The Hall–Kier alpha value is -3.76. The average molecular weight is 706 g/mol. The van der Waals surface area contributed by atoms with Gasteiger partial charge in [-0.2, -0.15) is 0 Å². The van der Waals surface area contributed by atoms with Crippen molar-refractivity contribution in [2.45, 2.75) is 75.3 Å². The Morgan fingerprint density at radius 2 is 1.84 bits per heavy atom. The number of ketones is 1. The zero-order chi connectivity index (χ0) is 34.5. The standard InChI is InChI=1S/C38H44ClN3O6S/c1-25-26(8-5-9-36(25)49(45,46)38-40-18-6-19-41-38)12-16-34(43)32-15-11-29(32)23-42-20-4-3-7-27-21-31(39)14-10-30(27)24-48-35-17-13-28(22-33(35)42)37(44)47-2/h6,10,12-14,16-19,21-22,25-26,29,32,36H,3-5,7-9,11,15,20,23-24H2,1-2H3/b16-12-/t25-,26-,29+,32+,36+/m1/s1. The molecule has 0 amide bonds. The molecule has 1 aliphatic heterocycles. The van der Waals surface area contributed by atoms with Crippen molar-refractivity contribution in [1.82, 2.24) is 9.97 Å². The lowest BCUT2D eigenvalue weighted by Gasteiger charge is -2.40. The molecule has 1 aromatic heterocycles. The van der Waals surface area contributed by atoms with Crippen LogP contribution in [0.3, 0.4) is 0 Å². The summed E-state index contributed by atoms with van der Waals surface area (Å²) in [7, 11) is -2.30. The molecule has 11 heteroatoms. The van der Waals surface area contributed by atoms with Crippen molar-refractivity contribution in [3.05, 3.63) is 88.7 Å². The van der Waals surface area contributed by atoms with Crippen molar-refractivity contribution in [2.75, 3.05) is 25.1 Å². The van der Waals surface area contributed by atoms with E-state index in [2.05, 4.69) is 14.9 Å². The van der Waals surface area contributed by atoms with Gasteiger partial charge in [-0.1, -0.05) is 37.1 Å². The number of halogens is 1. The number of aryl methyl sites for hydroxylation is 1. The summed E-state index contributed by atoms with van der Waals surface area (Å²) in [5.41, 5.74) is 3.53. The average Bonchev–Trinajstić information content (AvgIpc) is 3.12. The molecular weight excluding hydrogens is 662 g/mol. The van der Waals surface area contributed by atoms with Crippen LogP contribution in [0.5, 0.6) is 5.75 Å². The monoisotopic (exact) mass is 705 g/mol. The number of allylic oxidation sites excluding steroid dienone is 2. The fourth-order valence-electron chi connectivity index (χ4n) is 7.60. The maximum absolute atomic E-state index is 13.6. The second kappa shape index (κ2) is 15.4. The van der Waals surface area contributed by atoms with E-state index < -0.39 is 21.1 Å². The number of anilines is 1. The Labute approximate surface area is 294 Å². The molecule has 5 atom stereocenters. The van der Waals surface area contributed by atoms with E-state index in [0.717, 1.165) is 62.7 Å². The summed E-state index contributed by atoms with van der Waals surface area (Å²) in [4.78, 5) is 36.5. The van der Waals surface area contributed by atoms with Crippen LogP contribution in [0.4, 0.5) is 5.69 Å². The van der Waals surface area contributed by atoms with Crippen molar-refractivity contribution in [3.8, 4) is 5.75 Å². The number of hydrogen-bond donors (Lipinski definition) is 0. The summed E-state index contributed by atoms with van der Waals surface area (Å²) in [5.74, 6) is 0.182.